The number of hydrogen-bond donors (Lipinski definition) is 1. The van der Waals surface area contributed by atoms with Gasteiger partial charge in [-0.2, -0.15) is 0 Å². The predicted molar refractivity (Wildman–Crippen MR) is 122 cm³/mol. The number of ether oxygens (including phenoxy) is 1. The topological polar surface area (TPSA) is 51.8 Å². The van der Waals surface area contributed by atoms with E-state index in [2.05, 4.69) is 49.8 Å². The number of likely N-dealkylation sites (tertiary alicyclic amines) is 1. The molecule has 0 spiro atoms. The van der Waals surface area contributed by atoms with E-state index in [1.807, 2.05) is 23.2 Å². The molecule has 1 aromatic carbocycles. The zero-order chi connectivity index (χ0) is 20.5. The number of rotatable bonds is 5. The fraction of sp³-hybridized carbons (Fsp3) is 0.500. The Balaban J connectivity index is 1.27. The van der Waals surface area contributed by atoms with E-state index in [0.29, 0.717) is 12.5 Å². The molecule has 2 aromatic rings. The van der Waals surface area contributed by atoms with Gasteiger partial charge in [-0.25, -0.2) is 0 Å². The second-order valence-electron chi connectivity index (χ2n) is 8.26. The first-order valence-corrected chi connectivity index (χ1v) is 17.9. The SMILES string of the molecule is O=C(OCCc1ccc[nH]1)N1CC[C@@H]2C[C@H]1c1cc(N3CCN([I-]I)CC3)ccc12. The summed E-state index contributed by atoms with van der Waals surface area (Å²) in [6, 6.07) is 11.1. The Labute approximate surface area is 198 Å². The van der Waals surface area contributed by atoms with Crippen LogP contribution in [0.2, 0.25) is 0 Å². The Morgan fingerprint density at radius 3 is 2.80 bits per heavy atom. The van der Waals surface area contributed by atoms with Crippen LogP contribution >= 0.6 is 18.6 Å². The van der Waals surface area contributed by atoms with E-state index in [9.17, 15) is 4.79 Å². The van der Waals surface area contributed by atoms with Crippen molar-refractivity contribution in [2.45, 2.75) is 31.2 Å². The molecule has 0 radical (unpaired) electrons. The van der Waals surface area contributed by atoms with Gasteiger partial charge in [0.05, 0.1) is 0 Å². The number of carbonyl (C=O) groups excluding carboxylic acids is 1. The van der Waals surface area contributed by atoms with Crippen molar-refractivity contribution in [1.82, 2.24) is 13.0 Å². The summed E-state index contributed by atoms with van der Waals surface area (Å²) in [5, 5.41) is 0. The van der Waals surface area contributed by atoms with Gasteiger partial charge in [0.25, 0.3) is 0 Å². The van der Waals surface area contributed by atoms with E-state index in [1.54, 1.807) is 0 Å². The Bertz CT molecular complexity index is 883. The van der Waals surface area contributed by atoms with Crippen LogP contribution in [0.5, 0.6) is 0 Å². The molecule has 30 heavy (non-hydrogen) atoms. The van der Waals surface area contributed by atoms with Gasteiger partial charge in [-0.05, 0) is 12.1 Å². The van der Waals surface area contributed by atoms with Crippen LogP contribution in [-0.4, -0.2) is 58.4 Å². The third-order valence-corrected chi connectivity index (χ3v) is 11.6. The van der Waals surface area contributed by atoms with Crippen LogP contribution in [0.4, 0.5) is 10.5 Å². The van der Waals surface area contributed by atoms with E-state index in [0.717, 1.165) is 44.6 Å². The third kappa shape index (κ3) is 4.19. The maximum absolute atomic E-state index is 12.9. The molecule has 0 unspecified atom stereocenters. The molecule has 2 fully saturated rings. The summed E-state index contributed by atoms with van der Waals surface area (Å²) in [5.41, 5.74) is 5.21. The number of nitrogens with zero attached hydrogens (tertiary/aromatic N) is 3. The Kier molecular flexibility index (Phi) is 6.42. The zero-order valence-corrected chi connectivity index (χ0v) is 21.2. The van der Waals surface area contributed by atoms with Gasteiger partial charge in [0, 0.05) is 18.3 Å². The fourth-order valence-electron chi connectivity index (χ4n) is 5.04. The number of piperidine rings is 1. The van der Waals surface area contributed by atoms with Crippen molar-refractivity contribution in [3.8, 4) is 0 Å². The molecule has 1 N–H and O–H groups in total. The summed E-state index contributed by atoms with van der Waals surface area (Å²) < 4.78 is 8.24. The van der Waals surface area contributed by atoms with Gasteiger partial charge in [-0.15, -0.1) is 0 Å². The Hall–Kier alpha value is -1.01. The van der Waals surface area contributed by atoms with Crippen LogP contribution in [0.15, 0.2) is 36.5 Å². The quantitative estimate of drug-likeness (QED) is 0.397. The zero-order valence-electron chi connectivity index (χ0n) is 16.9. The van der Waals surface area contributed by atoms with Gasteiger partial charge in [-0.1, -0.05) is 0 Å². The molecule has 162 valence electrons. The molecular weight excluding hydrogens is 606 g/mol. The summed E-state index contributed by atoms with van der Waals surface area (Å²) in [5.74, 6) is 0.586. The average molecular weight is 633 g/mol. The molecule has 5 rings (SSSR count). The normalized spacial score (nSPS) is 23.6. The first kappa shape index (κ1) is 20.9. The first-order chi connectivity index (χ1) is 14.7. The first-order valence-electron chi connectivity index (χ1n) is 10.7. The van der Waals surface area contributed by atoms with Gasteiger partial charge in [-0.3, -0.25) is 0 Å². The second kappa shape index (κ2) is 9.23. The molecule has 8 heteroatoms. The van der Waals surface area contributed by atoms with Gasteiger partial charge >= 0.3 is 164 Å². The van der Waals surface area contributed by atoms with Crippen molar-refractivity contribution < 1.29 is 27.0 Å². The van der Waals surface area contributed by atoms with Crippen molar-refractivity contribution >= 4 is 30.4 Å². The number of hydrogen-bond acceptors (Lipinski definition) is 4. The molecule has 3 heterocycles. The third-order valence-electron chi connectivity index (χ3n) is 6.65. The van der Waals surface area contributed by atoms with E-state index >= 15 is 0 Å². The summed E-state index contributed by atoms with van der Waals surface area (Å²) in [7, 11) is 0. The molecule has 1 aliphatic carbocycles. The van der Waals surface area contributed by atoms with Crippen LogP contribution in [-0.2, 0) is 11.2 Å². The molecule has 6 nitrogen and oxygen atoms in total. The summed E-state index contributed by atoms with van der Waals surface area (Å²) in [6.07, 6.45) is 4.54. The van der Waals surface area contributed by atoms with E-state index in [1.165, 1.54) is 29.9 Å². The van der Waals surface area contributed by atoms with Crippen LogP contribution in [0.25, 0.3) is 0 Å². The minimum atomic E-state index is -0.164. The molecule has 0 saturated carbocycles. The van der Waals surface area contributed by atoms with Crippen molar-refractivity contribution in [2.24, 2.45) is 0 Å². The number of piperazine rings is 1. The number of carbonyl (C=O) groups is 1. The van der Waals surface area contributed by atoms with Crippen LogP contribution in [0.1, 0.15) is 41.6 Å². The van der Waals surface area contributed by atoms with Crippen molar-refractivity contribution in [1.29, 1.82) is 0 Å². The fourth-order valence-corrected chi connectivity index (χ4v) is 8.28. The number of benzene rings is 1. The molecule has 2 saturated heterocycles. The van der Waals surface area contributed by atoms with Gasteiger partial charge < -0.3 is 4.98 Å². The monoisotopic (exact) mass is 633 g/mol. The average Bonchev–Trinajstić information content (AvgIpc) is 3.40. The number of aromatic nitrogens is 1. The number of aromatic amines is 1. The van der Waals surface area contributed by atoms with E-state index < -0.39 is 0 Å². The second-order valence-corrected chi connectivity index (χ2v) is 12.4. The summed E-state index contributed by atoms with van der Waals surface area (Å²) in [6.45, 7) is 5.73. The van der Waals surface area contributed by atoms with E-state index in [4.69, 9.17) is 4.74 Å². The van der Waals surface area contributed by atoms with Gasteiger partial charge in [0.2, 0.25) is 0 Å². The maximum atomic E-state index is 12.9. The number of nitrogens with one attached hydrogen (secondary N) is 1. The van der Waals surface area contributed by atoms with Crippen molar-refractivity contribution in [3.05, 3.63) is 53.3 Å². The number of H-pyrrole nitrogens is 1. The minimum absolute atomic E-state index is 0.164. The van der Waals surface area contributed by atoms with Crippen molar-refractivity contribution in [3.63, 3.8) is 0 Å². The molecule has 3 aliphatic rings. The van der Waals surface area contributed by atoms with Gasteiger partial charge in [0.15, 0.2) is 0 Å². The van der Waals surface area contributed by atoms with Gasteiger partial charge in [0.1, 0.15) is 0 Å². The van der Waals surface area contributed by atoms with Crippen LogP contribution < -0.4 is 22.4 Å². The Morgan fingerprint density at radius 1 is 1.17 bits per heavy atom. The predicted octanol–water partition coefficient (Wildman–Crippen LogP) is 1.10. The molecule has 2 atom stereocenters. The number of anilines is 1. The van der Waals surface area contributed by atoms with Crippen LogP contribution in [0, 0.1) is 0 Å². The number of halogens is 2. The molecule has 2 aliphatic heterocycles. The Morgan fingerprint density at radius 2 is 2.03 bits per heavy atom. The number of amides is 1. The molecule has 1 aromatic heterocycles. The summed E-state index contributed by atoms with van der Waals surface area (Å²) in [4.78, 5) is 20.5. The van der Waals surface area contributed by atoms with Crippen molar-refractivity contribution in [2.75, 3.05) is 44.2 Å². The van der Waals surface area contributed by atoms with E-state index in [-0.39, 0.29) is 29.6 Å². The molecule has 2 bridgehead atoms. The standard InChI is InChI=1S/C22H27I2N4O2/c23-24-27-11-9-26(10-12-27)18-3-4-19-16-5-8-28(21(14-16)20(19)15-18)22(29)30-13-6-17-2-1-7-25-17/h1-4,7,15-16,21,25H,5-6,8-14H2/q-1/t16-,21+/m1/s1. The molecule has 1 amide bonds. The number of fused-ring (bicyclic) bond motifs is 5. The molecular formula is C22H27I2N4O2-. The summed E-state index contributed by atoms with van der Waals surface area (Å²) >= 11 is 2.73. The van der Waals surface area contributed by atoms with Crippen LogP contribution in [0.3, 0.4) is 0 Å².